The summed E-state index contributed by atoms with van der Waals surface area (Å²) < 4.78 is 16.1. The highest BCUT2D eigenvalue weighted by molar-refractivity contribution is 9.10. The van der Waals surface area contributed by atoms with E-state index in [1.165, 1.54) is 7.11 Å². The monoisotopic (exact) mass is 423 g/mol. The number of nitrogen functional groups attached to an aromatic ring is 1. The van der Waals surface area contributed by atoms with Crippen molar-refractivity contribution in [1.29, 1.82) is 0 Å². The van der Waals surface area contributed by atoms with Crippen molar-refractivity contribution in [3.05, 3.63) is 46.3 Å². The normalized spacial score (nSPS) is 10.8. The van der Waals surface area contributed by atoms with Gasteiger partial charge in [-0.3, -0.25) is 4.79 Å². The second-order valence-electron chi connectivity index (χ2n) is 4.60. The van der Waals surface area contributed by atoms with E-state index in [4.69, 9.17) is 19.9 Å². The fourth-order valence-corrected chi connectivity index (χ4v) is 2.37. The van der Waals surface area contributed by atoms with Gasteiger partial charge in [-0.1, -0.05) is 44.2 Å². The lowest BCUT2D eigenvalue weighted by molar-refractivity contribution is -0.126. The Morgan fingerprint density at radius 1 is 1.23 bits per heavy atom. The van der Waals surface area contributed by atoms with Gasteiger partial charge >= 0.3 is 0 Å². The summed E-state index contributed by atoms with van der Waals surface area (Å²) in [4.78, 5) is 18.9. The number of methoxy groups -OCH3 is 1. The standard InChI is InChI=1S/C16H16BrN3O4.C2H6/c1-10(22-2)12(24-9-21)8-23-15-13(17)14(19-16(18)20-15)11-6-4-3-5-7-11;1-2/h3-7,9H,8H2,1-2H3,(H2,18,19,20);1-2H3/b12-10-;. The van der Waals surface area contributed by atoms with Crippen molar-refractivity contribution in [3.63, 3.8) is 0 Å². The Labute approximate surface area is 161 Å². The molecule has 1 aromatic heterocycles. The summed E-state index contributed by atoms with van der Waals surface area (Å²) in [5.41, 5.74) is 7.23. The van der Waals surface area contributed by atoms with Crippen LogP contribution in [0.15, 0.2) is 46.3 Å². The zero-order chi connectivity index (χ0) is 19.5. The molecule has 26 heavy (non-hydrogen) atoms. The number of aromatic nitrogens is 2. The zero-order valence-electron chi connectivity index (χ0n) is 15.2. The molecular weight excluding hydrogens is 402 g/mol. The molecule has 2 aromatic rings. The highest BCUT2D eigenvalue weighted by atomic mass is 79.9. The summed E-state index contributed by atoms with van der Waals surface area (Å²) in [6.45, 7) is 5.91. The van der Waals surface area contributed by atoms with Crippen LogP contribution >= 0.6 is 15.9 Å². The Kier molecular flexibility index (Phi) is 9.14. The summed E-state index contributed by atoms with van der Waals surface area (Å²) in [5, 5.41) is 0. The van der Waals surface area contributed by atoms with E-state index >= 15 is 0 Å². The molecule has 0 aliphatic carbocycles. The molecule has 7 nitrogen and oxygen atoms in total. The predicted molar refractivity (Wildman–Crippen MR) is 103 cm³/mol. The third kappa shape index (κ3) is 5.73. The van der Waals surface area contributed by atoms with Crippen molar-refractivity contribution >= 4 is 28.4 Å². The molecule has 0 aliphatic heterocycles. The van der Waals surface area contributed by atoms with Gasteiger partial charge in [0.05, 0.1) is 12.8 Å². The second kappa shape index (κ2) is 11.1. The van der Waals surface area contributed by atoms with E-state index in [1.807, 2.05) is 44.2 Å². The van der Waals surface area contributed by atoms with Gasteiger partial charge in [-0.2, -0.15) is 4.98 Å². The summed E-state index contributed by atoms with van der Waals surface area (Å²) in [6.07, 6.45) is 0. The Morgan fingerprint density at radius 2 is 1.88 bits per heavy atom. The van der Waals surface area contributed by atoms with Gasteiger partial charge in [-0.15, -0.1) is 0 Å². The number of halogens is 1. The minimum atomic E-state index is -0.0539. The van der Waals surface area contributed by atoms with Crippen LogP contribution in [0.25, 0.3) is 11.3 Å². The van der Waals surface area contributed by atoms with Crippen molar-refractivity contribution in [2.75, 3.05) is 19.5 Å². The average Bonchev–Trinajstić information content (AvgIpc) is 2.68. The minimum absolute atomic E-state index is 0.0539. The van der Waals surface area contributed by atoms with Gasteiger partial charge in [0.15, 0.2) is 12.4 Å². The van der Waals surface area contributed by atoms with E-state index in [0.717, 1.165) is 5.56 Å². The first-order valence-electron chi connectivity index (χ1n) is 7.92. The number of nitrogens with zero attached hydrogens (tertiary/aromatic N) is 2. The number of carbonyl (C=O) groups excluding carboxylic acids is 1. The zero-order valence-corrected chi connectivity index (χ0v) is 16.7. The van der Waals surface area contributed by atoms with Crippen LogP contribution in [0.4, 0.5) is 5.95 Å². The maximum Gasteiger partial charge on any atom is 0.298 e. The summed E-state index contributed by atoms with van der Waals surface area (Å²) >= 11 is 3.43. The maximum absolute atomic E-state index is 10.6. The van der Waals surface area contributed by atoms with Gasteiger partial charge in [0, 0.05) is 5.56 Å². The number of rotatable bonds is 7. The van der Waals surface area contributed by atoms with Crippen molar-refractivity contribution in [2.24, 2.45) is 0 Å². The number of carbonyl (C=O) groups is 1. The van der Waals surface area contributed by atoms with E-state index in [2.05, 4.69) is 25.9 Å². The van der Waals surface area contributed by atoms with Crippen LogP contribution in [0.1, 0.15) is 20.8 Å². The molecule has 2 rings (SSSR count). The molecule has 0 saturated heterocycles. The van der Waals surface area contributed by atoms with Crippen LogP contribution in [0.3, 0.4) is 0 Å². The molecule has 0 aliphatic rings. The molecule has 140 valence electrons. The van der Waals surface area contributed by atoms with E-state index in [9.17, 15) is 4.79 Å². The minimum Gasteiger partial charge on any atom is -0.498 e. The molecule has 0 saturated carbocycles. The van der Waals surface area contributed by atoms with E-state index < -0.39 is 0 Å². The number of ether oxygens (including phenoxy) is 3. The number of hydrogen-bond acceptors (Lipinski definition) is 7. The van der Waals surface area contributed by atoms with Crippen molar-refractivity contribution in [1.82, 2.24) is 9.97 Å². The fourth-order valence-electron chi connectivity index (χ4n) is 1.85. The topological polar surface area (TPSA) is 96.6 Å². The van der Waals surface area contributed by atoms with E-state index in [-0.39, 0.29) is 24.2 Å². The molecule has 0 radical (unpaired) electrons. The number of benzene rings is 1. The van der Waals surface area contributed by atoms with Crippen LogP contribution in [0.2, 0.25) is 0 Å². The first kappa shape index (κ1) is 21.4. The van der Waals surface area contributed by atoms with Crippen LogP contribution in [-0.4, -0.2) is 30.2 Å². The van der Waals surface area contributed by atoms with Gasteiger partial charge in [-0.05, 0) is 22.9 Å². The molecular formula is C18H22BrN3O4. The van der Waals surface area contributed by atoms with Crippen LogP contribution in [0, 0.1) is 0 Å². The predicted octanol–water partition coefficient (Wildman–Crippen LogP) is 3.94. The second-order valence-corrected chi connectivity index (χ2v) is 5.39. The van der Waals surface area contributed by atoms with Crippen molar-refractivity contribution in [2.45, 2.75) is 20.8 Å². The molecule has 2 N–H and O–H groups in total. The third-order valence-corrected chi connectivity index (χ3v) is 3.83. The number of nitrogens with two attached hydrogens (primary N) is 1. The first-order chi connectivity index (χ1) is 12.6. The smallest absolute Gasteiger partial charge is 0.298 e. The molecule has 1 heterocycles. The fraction of sp³-hybridized carbons (Fsp3) is 0.278. The Bertz CT molecular complexity index is 752. The van der Waals surface area contributed by atoms with Crippen LogP contribution in [-0.2, 0) is 14.3 Å². The van der Waals surface area contributed by atoms with Crippen LogP contribution in [0.5, 0.6) is 5.88 Å². The lowest BCUT2D eigenvalue weighted by atomic mass is 10.1. The van der Waals surface area contributed by atoms with Gasteiger partial charge in [0.2, 0.25) is 11.8 Å². The maximum atomic E-state index is 10.6. The SMILES string of the molecule is CC.CO/C(C)=C(/COc1nc(N)nc(-c2ccccc2)c1Br)OC=O. The average molecular weight is 424 g/mol. The van der Waals surface area contributed by atoms with Gasteiger partial charge < -0.3 is 19.9 Å². The number of hydrogen-bond donors (Lipinski definition) is 1. The summed E-state index contributed by atoms with van der Waals surface area (Å²) in [6, 6.07) is 9.47. The molecule has 0 spiro atoms. The molecule has 0 bridgehead atoms. The number of anilines is 1. The molecule has 0 unspecified atom stereocenters. The molecule has 0 atom stereocenters. The van der Waals surface area contributed by atoms with Gasteiger partial charge in [0.1, 0.15) is 10.2 Å². The molecule has 0 fully saturated rings. The molecule has 0 amide bonds. The highest BCUT2D eigenvalue weighted by Crippen LogP contribution is 2.33. The lowest BCUT2D eigenvalue weighted by Crippen LogP contribution is -2.10. The Hall–Kier alpha value is -2.61. The van der Waals surface area contributed by atoms with E-state index in [0.29, 0.717) is 22.4 Å². The van der Waals surface area contributed by atoms with Crippen molar-refractivity contribution in [3.8, 4) is 17.1 Å². The Balaban J connectivity index is 0.00000163. The third-order valence-electron chi connectivity index (χ3n) is 3.11. The quantitative estimate of drug-likeness (QED) is 0.531. The van der Waals surface area contributed by atoms with Gasteiger partial charge in [0.25, 0.3) is 6.47 Å². The lowest BCUT2D eigenvalue weighted by Gasteiger charge is -2.13. The van der Waals surface area contributed by atoms with Crippen LogP contribution < -0.4 is 10.5 Å². The van der Waals surface area contributed by atoms with Crippen molar-refractivity contribution < 1.29 is 19.0 Å². The summed E-state index contributed by atoms with van der Waals surface area (Å²) in [5.74, 6) is 0.955. The van der Waals surface area contributed by atoms with E-state index in [1.54, 1.807) is 6.92 Å². The first-order valence-corrected chi connectivity index (χ1v) is 8.71. The Morgan fingerprint density at radius 3 is 2.46 bits per heavy atom. The largest absolute Gasteiger partial charge is 0.498 e. The molecule has 1 aromatic carbocycles. The highest BCUT2D eigenvalue weighted by Gasteiger charge is 2.16. The van der Waals surface area contributed by atoms with Gasteiger partial charge in [-0.25, -0.2) is 4.98 Å². The summed E-state index contributed by atoms with van der Waals surface area (Å²) in [7, 11) is 1.47. The molecule has 8 heteroatoms. The number of allylic oxidation sites excluding steroid dienone is 1.